The molecule has 2 aliphatic rings. The van der Waals surface area contributed by atoms with Crippen LogP contribution in [-0.4, -0.2) is 59.6 Å². The van der Waals surface area contributed by atoms with Crippen molar-refractivity contribution in [3.63, 3.8) is 0 Å². The lowest BCUT2D eigenvalue weighted by atomic mass is 9.74. The molecule has 4 N–H and O–H groups in total. The molecule has 6 nitrogen and oxygen atoms in total. The SMILES string of the molecule is CC1(C)CC(NC2(O)CC(C)(C)N(O)C(C)(C)C2)CC(C)(C)N1O. The normalized spacial score (nSPS) is 32.6. The fourth-order valence-electron chi connectivity index (χ4n) is 5.32. The van der Waals surface area contributed by atoms with Crippen LogP contribution in [0.25, 0.3) is 0 Å². The van der Waals surface area contributed by atoms with Crippen molar-refractivity contribution in [3.8, 4) is 0 Å². The van der Waals surface area contributed by atoms with E-state index in [-0.39, 0.29) is 17.1 Å². The largest absolute Gasteiger partial charge is 0.376 e. The summed E-state index contributed by atoms with van der Waals surface area (Å²) in [6.07, 6.45) is 2.39. The van der Waals surface area contributed by atoms with Gasteiger partial charge in [0.1, 0.15) is 5.72 Å². The van der Waals surface area contributed by atoms with E-state index < -0.39 is 16.8 Å². The van der Waals surface area contributed by atoms with E-state index in [2.05, 4.69) is 5.32 Å². The molecule has 0 atom stereocenters. The van der Waals surface area contributed by atoms with E-state index in [1.165, 1.54) is 10.1 Å². The predicted molar refractivity (Wildman–Crippen MR) is 93.9 cm³/mol. The molecule has 0 saturated carbocycles. The van der Waals surface area contributed by atoms with Crippen LogP contribution in [0.3, 0.4) is 0 Å². The van der Waals surface area contributed by atoms with Crippen molar-refractivity contribution in [1.29, 1.82) is 0 Å². The molecule has 2 fully saturated rings. The fraction of sp³-hybridized carbons (Fsp3) is 1.00. The highest BCUT2D eigenvalue weighted by Gasteiger charge is 2.54. The second-order valence-electron chi connectivity index (χ2n) is 10.5. The number of hydroxylamine groups is 4. The highest BCUT2D eigenvalue weighted by Crippen LogP contribution is 2.43. The van der Waals surface area contributed by atoms with Crippen molar-refractivity contribution >= 4 is 0 Å². The van der Waals surface area contributed by atoms with Crippen molar-refractivity contribution in [2.75, 3.05) is 0 Å². The van der Waals surface area contributed by atoms with Gasteiger partial charge in [0.25, 0.3) is 0 Å². The summed E-state index contributed by atoms with van der Waals surface area (Å²) in [7, 11) is 0. The van der Waals surface area contributed by atoms with Gasteiger partial charge in [0, 0.05) is 41.0 Å². The van der Waals surface area contributed by atoms with Crippen LogP contribution in [0.15, 0.2) is 0 Å². The second-order valence-corrected chi connectivity index (χ2v) is 10.5. The lowest BCUT2D eigenvalue weighted by molar-refractivity contribution is -0.285. The third kappa shape index (κ3) is 3.64. The Labute approximate surface area is 146 Å². The van der Waals surface area contributed by atoms with E-state index >= 15 is 0 Å². The summed E-state index contributed by atoms with van der Waals surface area (Å²) in [5.74, 6) is 0. The average molecular weight is 344 g/mol. The minimum atomic E-state index is -1.04. The molecule has 0 amide bonds. The van der Waals surface area contributed by atoms with Crippen LogP contribution in [0.1, 0.15) is 81.1 Å². The molecule has 2 aliphatic heterocycles. The first-order chi connectivity index (χ1) is 10.5. The number of hydrogen-bond acceptors (Lipinski definition) is 6. The van der Waals surface area contributed by atoms with E-state index in [4.69, 9.17) is 0 Å². The summed E-state index contributed by atoms with van der Waals surface area (Å²) < 4.78 is 0. The van der Waals surface area contributed by atoms with Crippen molar-refractivity contribution in [1.82, 2.24) is 15.4 Å². The van der Waals surface area contributed by atoms with Gasteiger partial charge in [-0.1, -0.05) is 0 Å². The van der Waals surface area contributed by atoms with Gasteiger partial charge in [0.05, 0.1) is 0 Å². The van der Waals surface area contributed by atoms with Crippen LogP contribution >= 0.6 is 0 Å². The summed E-state index contributed by atoms with van der Waals surface area (Å²) in [5, 5.41) is 38.5. The monoisotopic (exact) mass is 343 g/mol. The molecule has 0 unspecified atom stereocenters. The highest BCUT2D eigenvalue weighted by atomic mass is 16.5. The standard InChI is InChI=1S/C18H37N3O3/c1-14(2)9-13(10-15(3,4)20(14)23)19-18(22)11-16(5,6)21(24)17(7,8)12-18/h13,19,22-24H,9-12H2,1-8H3. The van der Waals surface area contributed by atoms with Gasteiger partial charge >= 0.3 is 0 Å². The lowest BCUT2D eigenvalue weighted by Crippen LogP contribution is -2.71. The van der Waals surface area contributed by atoms with Crippen molar-refractivity contribution < 1.29 is 15.5 Å². The van der Waals surface area contributed by atoms with E-state index in [1.54, 1.807) is 0 Å². The van der Waals surface area contributed by atoms with Gasteiger partial charge in [-0.05, 0) is 68.2 Å². The lowest BCUT2D eigenvalue weighted by Gasteiger charge is -2.57. The van der Waals surface area contributed by atoms with E-state index in [0.717, 1.165) is 12.8 Å². The highest BCUT2D eigenvalue weighted by molar-refractivity contribution is 5.06. The number of rotatable bonds is 2. The van der Waals surface area contributed by atoms with Crippen molar-refractivity contribution in [2.24, 2.45) is 0 Å². The van der Waals surface area contributed by atoms with Crippen molar-refractivity contribution in [2.45, 2.75) is 115 Å². The Morgan fingerprint density at radius 2 is 1.04 bits per heavy atom. The van der Waals surface area contributed by atoms with E-state index in [0.29, 0.717) is 12.8 Å². The van der Waals surface area contributed by atoms with Crippen LogP contribution in [0.5, 0.6) is 0 Å². The molecule has 0 aromatic heterocycles. The van der Waals surface area contributed by atoms with Gasteiger partial charge < -0.3 is 15.5 Å². The number of nitrogens with zero attached hydrogens (tertiary/aromatic N) is 2. The van der Waals surface area contributed by atoms with Crippen LogP contribution in [0, 0.1) is 0 Å². The maximum Gasteiger partial charge on any atom is 0.119 e. The quantitative estimate of drug-likeness (QED) is 0.578. The zero-order valence-corrected chi connectivity index (χ0v) is 16.6. The van der Waals surface area contributed by atoms with E-state index in [9.17, 15) is 15.5 Å². The van der Waals surface area contributed by atoms with Gasteiger partial charge in [-0.15, -0.1) is 0 Å². The zero-order chi connectivity index (χ0) is 18.8. The number of aliphatic hydroxyl groups is 1. The second kappa shape index (κ2) is 5.63. The molecule has 2 heterocycles. The Balaban J connectivity index is 2.21. The van der Waals surface area contributed by atoms with Gasteiger partial charge in [-0.2, -0.15) is 10.1 Å². The van der Waals surface area contributed by atoms with E-state index in [1.807, 2.05) is 55.4 Å². The first-order valence-electron chi connectivity index (χ1n) is 8.99. The average Bonchev–Trinajstić information content (AvgIpc) is 2.30. The summed E-state index contributed by atoms with van der Waals surface area (Å²) in [4.78, 5) is 0. The van der Waals surface area contributed by atoms with Gasteiger partial charge in [0.2, 0.25) is 0 Å². The van der Waals surface area contributed by atoms with Crippen LogP contribution in [-0.2, 0) is 0 Å². The first kappa shape index (κ1) is 20.1. The Hall–Kier alpha value is -0.240. The molecular formula is C18H37N3O3. The van der Waals surface area contributed by atoms with Crippen LogP contribution in [0.4, 0.5) is 0 Å². The number of nitrogens with one attached hydrogen (secondary N) is 1. The molecule has 0 radical (unpaired) electrons. The zero-order valence-electron chi connectivity index (χ0n) is 16.6. The topological polar surface area (TPSA) is 79.2 Å². The minimum absolute atomic E-state index is 0.0974. The predicted octanol–water partition coefficient (Wildman–Crippen LogP) is 2.72. The molecular weight excluding hydrogens is 306 g/mol. The molecule has 24 heavy (non-hydrogen) atoms. The summed E-state index contributed by atoms with van der Waals surface area (Å²) in [5.41, 5.74) is -2.81. The third-order valence-corrected chi connectivity index (χ3v) is 5.71. The first-order valence-corrected chi connectivity index (χ1v) is 8.99. The Morgan fingerprint density at radius 3 is 1.42 bits per heavy atom. The summed E-state index contributed by atoms with van der Waals surface area (Å²) in [6.45, 7) is 15.9. The molecule has 142 valence electrons. The summed E-state index contributed by atoms with van der Waals surface area (Å²) >= 11 is 0. The van der Waals surface area contributed by atoms with Gasteiger partial charge in [-0.3, -0.25) is 5.32 Å². The van der Waals surface area contributed by atoms with Crippen molar-refractivity contribution in [3.05, 3.63) is 0 Å². The maximum atomic E-state index is 11.3. The van der Waals surface area contributed by atoms with Gasteiger partial charge in [0.15, 0.2) is 0 Å². The van der Waals surface area contributed by atoms with Crippen LogP contribution < -0.4 is 5.32 Å². The smallest absolute Gasteiger partial charge is 0.119 e. The van der Waals surface area contributed by atoms with Gasteiger partial charge in [-0.25, -0.2) is 0 Å². The number of hydrogen-bond donors (Lipinski definition) is 4. The molecule has 0 spiro atoms. The molecule has 0 aromatic carbocycles. The summed E-state index contributed by atoms with van der Waals surface area (Å²) in [6, 6.07) is 0.0974. The molecule has 0 bridgehead atoms. The van der Waals surface area contributed by atoms with Crippen LogP contribution in [0.2, 0.25) is 0 Å². The molecule has 0 aliphatic carbocycles. The Morgan fingerprint density at radius 1 is 0.708 bits per heavy atom. The molecule has 2 saturated heterocycles. The Bertz CT molecular complexity index is 452. The molecule has 0 aromatic rings. The maximum absolute atomic E-state index is 11.3. The third-order valence-electron chi connectivity index (χ3n) is 5.71. The molecule has 6 heteroatoms. The minimum Gasteiger partial charge on any atom is -0.376 e. The number of piperidine rings is 2. The fourth-order valence-corrected chi connectivity index (χ4v) is 5.32. The Kier molecular flexibility index (Phi) is 4.71. The molecule has 2 rings (SSSR count).